The predicted molar refractivity (Wildman–Crippen MR) is 128 cm³/mol. The summed E-state index contributed by atoms with van der Waals surface area (Å²) in [6, 6.07) is 6.21. The fourth-order valence-corrected chi connectivity index (χ4v) is 4.18. The summed E-state index contributed by atoms with van der Waals surface area (Å²) in [6.45, 7) is -6.02. The highest BCUT2D eigenvalue weighted by Crippen LogP contribution is 2.33. The van der Waals surface area contributed by atoms with Crippen molar-refractivity contribution in [2.24, 2.45) is 6.98 Å². The number of halogens is 4. The van der Waals surface area contributed by atoms with E-state index in [1.54, 1.807) is 0 Å². The molecule has 0 saturated heterocycles. The first-order chi connectivity index (χ1) is 19.5. The Bertz CT molecular complexity index is 1660. The molecule has 4 heterocycles. The van der Waals surface area contributed by atoms with Crippen LogP contribution in [0.25, 0.3) is 28.1 Å². The highest BCUT2D eigenvalue weighted by molar-refractivity contribution is 6.31. The Kier molecular flexibility index (Phi) is 6.06. The fourth-order valence-electron chi connectivity index (χ4n) is 4.02. The number of nitrogens with zero attached hydrogens (tertiary/aromatic N) is 9. The van der Waals surface area contributed by atoms with Gasteiger partial charge in [-0.15, -0.1) is 5.10 Å². The molecular weight excluding hydrogens is 527 g/mol. The van der Waals surface area contributed by atoms with Crippen LogP contribution in [-0.4, -0.2) is 53.0 Å². The van der Waals surface area contributed by atoms with E-state index >= 15 is 4.39 Å². The average molecular weight is 549 g/mol. The van der Waals surface area contributed by atoms with Crippen LogP contribution in [0, 0.1) is 11.0 Å². The number of benzene rings is 1. The van der Waals surface area contributed by atoms with E-state index in [0.29, 0.717) is 10.3 Å². The lowest BCUT2D eigenvalue weighted by molar-refractivity contribution is -0.615. The Morgan fingerprint density at radius 2 is 2.05 bits per heavy atom. The molecule has 0 bridgehead atoms. The van der Waals surface area contributed by atoms with Crippen LogP contribution in [0.1, 0.15) is 22.3 Å². The predicted octanol–water partition coefficient (Wildman–Crippen LogP) is 3.57. The van der Waals surface area contributed by atoms with Gasteiger partial charge in [-0.3, -0.25) is 9.36 Å². The lowest BCUT2D eigenvalue weighted by atomic mass is 10.0. The van der Waals surface area contributed by atoms with Crippen LogP contribution in [0.2, 0.25) is 5.02 Å². The van der Waals surface area contributed by atoms with Crippen molar-refractivity contribution >= 4 is 11.6 Å². The molecule has 0 aliphatic heterocycles. The van der Waals surface area contributed by atoms with Crippen molar-refractivity contribution in [1.29, 1.82) is 0 Å². The minimum atomic E-state index is -3.03. The smallest absolute Gasteiger partial charge is 0.345 e. The van der Waals surface area contributed by atoms with Gasteiger partial charge >= 0.3 is 6.61 Å². The molecule has 5 aromatic rings. The van der Waals surface area contributed by atoms with E-state index in [9.17, 15) is 14.0 Å². The molecule has 11 nitrogen and oxygen atoms in total. The van der Waals surface area contributed by atoms with Gasteiger partial charge in [0.15, 0.2) is 12.0 Å². The van der Waals surface area contributed by atoms with Crippen molar-refractivity contribution in [3.05, 3.63) is 83.2 Å². The minimum Gasteiger partial charge on any atom is -0.618 e. The highest BCUT2D eigenvalue weighted by atomic mass is 35.5. The Morgan fingerprint density at radius 3 is 2.79 bits per heavy atom. The highest BCUT2D eigenvalue weighted by Gasteiger charge is 2.26. The van der Waals surface area contributed by atoms with E-state index in [-0.39, 0.29) is 39.6 Å². The van der Waals surface area contributed by atoms with E-state index < -0.39 is 32.1 Å². The van der Waals surface area contributed by atoms with Crippen LogP contribution < -0.4 is 4.73 Å². The van der Waals surface area contributed by atoms with Gasteiger partial charge in [0.1, 0.15) is 12.4 Å². The molecule has 1 aromatic carbocycles. The molecule has 0 unspecified atom stereocenters. The molecule has 0 fully saturated rings. The molecule has 0 N–H and O–H groups in total. The monoisotopic (exact) mass is 548 g/mol. The molecular formula is C23H19ClF3N9O2. The average Bonchev–Trinajstić information content (AvgIpc) is 3.70. The topological polar surface area (TPSA) is 115 Å². The van der Waals surface area contributed by atoms with Crippen molar-refractivity contribution in [2.45, 2.75) is 19.1 Å². The summed E-state index contributed by atoms with van der Waals surface area (Å²) in [5, 5.41) is 32.1. The summed E-state index contributed by atoms with van der Waals surface area (Å²) in [4.78, 5) is 0. The number of alkyl halides is 2. The Hall–Kier alpha value is -4.30. The molecule has 15 heteroatoms. The number of aryl methyl sites for hydroxylation is 1. The molecule has 0 radical (unpaired) electrons. The van der Waals surface area contributed by atoms with Crippen molar-refractivity contribution in [3.8, 4) is 28.1 Å². The maximum absolute atomic E-state index is 15.2. The molecule has 0 aliphatic carbocycles. The largest absolute Gasteiger partial charge is 0.618 e. The standard InChI is InChI=1S/C23H19ClF3N9O2/c1-33-17(6-8-29-33)15-10-30-34(11-15)18(7-9-38-23(26)27)19-4-2-14(12-36(19)37)21-20(35-13-28-31-32-35)5-3-16(24)22(21)25/h2-6,8,10-13,18,23H,7,9H2,1H3/t18-/m1/s1/i1D3. The third-order valence-corrected chi connectivity index (χ3v) is 6.03. The summed E-state index contributed by atoms with van der Waals surface area (Å²) in [6.07, 6.45) is 6.39. The molecule has 1 atom stereocenters. The van der Waals surface area contributed by atoms with E-state index in [4.69, 9.17) is 15.7 Å². The first-order valence-corrected chi connectivity index (χ1v) is 11.4. The van der Waals surface area contributed by atoms with Gasteiger partial charge < -0.3 is 9.94 Å². The normalized spacial score (nSPS) is 13.9. The number of rotatable bonds is 9. The van der Waals surface area contributed by atoms with E-state index in [2.05, 4.69) is 30.5 Å². The van der Waals surface area contributed by atoms with E-state index in [1.807, 2.05) is 0 Å². The van der Waals surface area contributed by atoms with Crippen LogP contribution in [0.15, 0.2) is 61.4 Å². The number of hydrogen-bond donors (Lipinski definition) is 0. The number of hydrogen-bond acceptors (Lipinski definition) is 7. The van der Waals surface area contributed by atoms with Crippen molar-refractivity contribution in [2.75, 3.05) is 6.61 Å². The van der Waals surface area contributed by atoms with Crippen molar-refractivity contribution in [1.82, 2.24) is 39.8 Å². The lowest BCUT2D eigenvalue weighted by Gasteiger charge is -2.18. The van der Waals surface area contributed by atoms with Gasteiger partial charge in [-0.05, 0) is 34.7 Å². The zero-order valence-electron chi connectivity index (χ0n) is 22.2. The molecule has 0 aliphatic rings. The van der Waals surface area contributed by atoms with Crippen LogP contribution in [0.5, 0.6) is 0 Å². The third-order valence-electron chi connectivity index (χ3n) is 5.74. The summed E-state index contributed by atoms with van der Waals surface area (Å²) in [7, 11) is 0. The van der Waals surface area contributed by atoms with Crippen LogP contribution in [0.4, 0.5) is 13.2 Å². The second-order valence-electron chi connectivity index (χ2n) is 7.95. The molecule has 4 aromatic heterocycles. The molecule has 5 rings (SSSR count). The minimum absolute atomic E-state index is 0.0437. The molecule has 38 heavy (non-hydrogen) atoms. The summed E-state index contributed by atoms with van der Waals surface area (Å²) in [5.41, 5.74) is 0.971. The summed E-state index contributed by atoms with van der Waals surface area (Å²) < 4.78 is 72.0. The Balaban J connectivity index is 1.55. The zero-order valence-corrected chi connectivity index (χ0v) is 20.0. The molecule has 0 spiro atoms. The van der Waals surface area contributed by atoms with Gasteiger partial charge in [-0.25, -0.2) is 4.39 Å². The number of tetrazole rings is 1. The maximum Gasteiger partial charge on any atom is 0.345 e. The number of pyridine rings is 1. The lowest BCUT2D eigenvalue weighted by Crippen LogP contribution is -2.36. The van der Waals surface area contributed by atoms with Crippen LogP contribution >= 0.6 is 11.6 Å². The second kappa shape index (κ2) is 10.6. The summed E-state index contributed by atoms with van der Waals surface area (Å²) >= 11 is 6.02. The van der Waals surface area contributed by atoms with Crippen LogP contribution in [0.3, 0.4) is 0 Å². The van der Waals surface area contributed by atoms with E-state index in [1.165, 1.54) is 64.6 Å². The van der Waals surface area contributed by atoms with Gasteiger partial charge in [0.25, 0.3) is 0 Å². The molecule has 196 valence electrons. The zero-order chi connectivity index (χ0) is 29.3. The molecule has 0 amide bonds. The maximum atomic E-state index is 15.2. The van der Waals surface area contributed by atoms with Gasteiger partial charge in [0.2, 0.25) is 5.69 Å². The first-order valence-electron chi connectivity index (χ1n) is 12.5. The van der Waals surface area contributed by atoms with Gasteiger partial charge in [-0.1, -0.05) is 11.6 Å². The Labute approximate surface area is 222 Å². The second-order valence-corrected chi connectivity index (χ2v) is 8.36. The van der Waals surface area contributed by atoms with E-state index in [0.717, 1.165) is 10.9 Å². The van der Waals surface area contributed by atoms with Crippen molar-refractivity contribution in [3.63, 3.8) is 0 Å². The third kappa shape index (κ3) is 4.95. The fraction of sp³-hybridized carbons (Fsp3) is 0.217. The van der Waals surface area contributed by atoms with Crippen molar-refractivity contribution < 1.29 is 26.8 Å². The molecule has 0 saturated carbocycles. The Morgan fingerprint density at radius 1 is 1.18 bits per heavy atom. The number of aromatic nitrogens is 9. The summed E-state index contributed by atoms with van der Waals surface area (Å²) in [5.74, 6) is -0.808. The van der Waals surface area contributed by atoms with Crippen LogP contribution in [-0.2, 0) is 11.7 Å². The van der Waals surface area contributed by atoms with Gasteiger partial charge in [0.05, 0.1) is 40.3 Å². The first kappa shape index (κ1) is 21.8. The van der Waals surface area contributed by atoms with Gasteiger partial charge in [0, 0.05) is 41.5 Å². The quantitative estimate of drug-likeness (QED) is 0.204. The number of ether oxygens (including phenoxy) is 1. The van der Waals surface area contributed by atoms with Gasteiger partial charge in [-0.2, -0.15) is 28.4 Å². The SMILES string of the molecule is [2H]C([2H])([2H])n1nccc1-c1cnn([C@H](CCOC(F)F)c2ccc(-c3c(-n4cnnn4)ccc(Cl)c3F)c[n+]2[O-])c1.